The largest absolute Gasteiger partial charge is 0.455 e. The van der Waals surface area contributed by atoms with Crippen molar-refractivity contribution in [3.05, 3.63) is 182 Å². The van der Waals surface area contributed by atoms with E-state index in [4.69, 9.17) is 24.9 Å². The molecule has 0 fully saturated rings. The Labute approximate surface area is 339 Å². The van der Waals surface area contributed by atoms with Crippen LogP contribution in [-0.2, 0) is 0 Å². The van der Waals surface area contributed by atoms with Gasteiger partial charge in [-0.3, -0.25) is 0 Å². The number of benzene rings is 8. The zero-order chi connectivity index (χ0) is 42.7. The summed E-state index contributed by atoms with van der Waals surface area (Å²) in [6, 6.07) is 46.2. The highest BCUT2D eigenvalue weighted by atomic mass is 32.1. The smallest absolute Gasteiger partial charge is 0.166 e. The van der Waals surface area contributed by atoms with Crippen LogP contribution >= 0.6 is 11.3 Å². The zero-order valence-electron chi connectivity index (χ0n) is 36.0. The maximum Gasteiger partial charge on any atom is 0.166 e. The first-order valence-corrected chi connectivity index (χ1v) is 19.3. The fourth-order valence-electron chi connectivity index (χ4n) is 8.10. The van der Waals surface area contributed by atoms with E-state index in [0.717, 1.165) is 48.9 Å². The number of thiophene rings is 1. The number of para-hydroxylation sites is 3. The van der Waals surface area contributed by atoms with Crippen LogP contribution in [0.4, 0.5) is 0 Å². The Morgan fingerprint density at radius 1 is 0.474 bits per heavy atom. The van der Waals surface area contributed by atoms with E-state index in [9.17, 15) is 2.74 Å². The lowest BCUT2D eigenvalue weighted by Gasteiger charge is -2.16. The number of hydrogen-bond acceptors (Lipinski definition) is 5. The summed E-state index contributed by atoms with van der Waals surface area (Å²) in [5, 5.41) is 4.01. The van der Waals surface area contributed by atoms with Gasteiger partial charge in [-0.2, -0.15) is 0 Å². The molecule has 0 aliphatic rings. The summed E-state index contributed by atoms with van der Waals surface area (Å²) in [5.41, 5.74) is 7.04. The predicted molar refractivity (Wildman–Crippen MR) is 236 cm³/mol. The second kappa shape index (κ2) is 12.6. The molecule has 0 saturated carbocycles. The molecule has 0 amide bonds. The lowest BCUT2D eigenvalue weighted by atomic mass is 9.98. The maximum atomic E-state index is 9.48. The monoisotopic (exact) mass is 752 g/mol. The third-order valence-corrected chi connectivity index (χ3v) is 11.7. The third kappa shape index (κ3) is 4.98. The van der Waals surface area contributed by atoms with Gasteiger partial charge < -0.3 is 8.98 Å². The Hall–Kier alpha value is -7.41. The Morgan fingerprint density at radius 3 is 1.98 bits per heavy atom. The molecule has 0 radical (unpaired) electrons. The van der Waals surface area contributed by atoms with Gasteiger partial charge in [-0.05, 0) is 48.0 Å². The molecule has 0 unspecified atom stereocenters. The molecule has 0 aliphatic heterocycles. The van der Waals surface area contributed by atoms with Crippen LogP contribution in [0.3, 0.4) is 0 Å². The van der Waals surface area contributed by atoms with E-state index in [1.54, 1.807) is 0 Å². The van der Waals surface area contributed by atoms with Crippen LogP contribution in [0.15, 0.2) is 186 Å². The van der Waals surface area contributed by atoms with Crippen molar-refractivity contribution in [2.45, 2.75) is 0 Å². The molecule has 0 saturated heterocycles. The summed E-state index contributed by atoms with van der Waals surface area (Å²) >= 11 is 1.36. The van der Waals surface area contributed by atoms with Gasteiger partial charge in [-0.15, -0.1) is 11.3 Å². The van der Waals surface area contributed by atoms with E-state index in [2.05, 4.69) is 12.1 Å². The SMILES string of the molecule is [2H]c1cc([2H])c2sc3ccc4c(c5c([2H])c([2H])cc([2H])c5n4-c4ccc(-c5cccc6c5oc5ccccc56)cc4-c4nc(-c5ccccc5)nc(-c5ccccc5)n4)c3c2c1[2H]. The van der Waals surface area contributed by atoms with Crippen molar-refractivity contribution in [1.82, 2.24) is 19.5 Å². The standard InChI is InChI=1S/C51H30N4OS/c1-3-14-31(15-4-1)49-52-50(32-16-5-2-6-17-32)54-51(53-49)39-30-33(34-21-13-22-36-35-18-8-11-24-43(35)56-48(34)36)26-27-41(39)55-40-23-10-7-19-37(40)46-42(55)28-29-45-47(46)38-20-9-12-25-44(38)57-45/h1-30H/i7D,9D,19D,20D,23D,25D. The number of fused-ring (bicyclic) bond motifs is 10. The summed E-state index contributed by atoms with van der Waals surface area (Å²) in [5.74, 6) is 1.31. The number of aromatic nitrogens is 4. The maximum absolute atomic E-state index is 9.48. The number of furan rings is 1. The van der Waals surface area contributed by atoms with Gasteiger partial charge in [-0.25, -0.2) is 15.0 Å². The van der Waals surface area contributed by atoms with Crippen molar-refractivity contribution in [3.63, 3.8) is 0 Å². The van der Waals surface area contributed by atoms with E-state index >= 15 is 0 Å². The second-order valence-electron chi connectivity index (χ2n) is 13.9. The van der Waals surface area contributed by atoms with Gasteiger partial charge in [0.2, 0.25) is 0 Å². The molecule has 12 aromatic rings. The first-order valence-electron chi connectivity index (χ1n) is 21.5. The average molecular weight is 753 g/mol. The highest BCUT2D eigenvalue weighted by Crippen LogP contribution is 2.45. The minimum absolute atomic E-state index is 0.0165. The number of nitrogens with zero attached hydrogens (tertiary/aromatic N) is 4. The van der Waals surface area contributed by atoms with Gasteiger partial charge >= 0.3 is 0 Å². The minimum atomic E-state index is -0.108. The summed E-state index contributed by atoms with van der Waals surface area (Å²) in [6.45, 7) is 0. The fraction of sp³-hybridized carbons (Fsp3) is 0. The van der Waals surface area contributed by atoms with Gasteiger partial charge in [0.15, 0.2) is 17.5 Å². The van der Waals surface area contributed by atoms with Gasteiger partial charge in [0.05, 0.1) is 24.9 Å². The lowest BCUT2D eigenvalue weighted by Crippen LogP contribution is -2.04. The molecular weight excluding hydrogens is 717 g/mol. The molecular formula is C51H30N4OS. The molecule has 4 aromatic heterocycles. The van der Waals surface area contributed by atoms with Gasteiger partial charge in [0, 0.05) is 64.0 Å². The van der Waals surface area contributed by atoms with Crippen LogP contribution < -0.4 is 0 Å². The summed E-state index contributed by atoms with van der Waals surface area (Å²) in [4.78, 5) is 15.4. The van der Waals surface area contributed by atoms with Crippen molar-refractivity contribution in [1.29, 1.82) is 0 Å². The topological polar surface area (TPSA) is 56.7 Å². The molecule has 6 heteroatoms. The van der Waals surface area contributed by atoms with Crippen LogP contribution in [-0.4, -0.2) is 19.5 Å². The molecule has 0 bridgehead atoms. The molecule has 8 aromatic carbocycles. The first-order chi connectivity index (χ1) is 30.7. The summed E-state index contributed by atoms with van der Waals surface area (Å²) < 4.78 is 64.0. The molecule has 0 atom stereocenters. The van der Waals surface area contributed by atoms with Crippen LogP contribution in [0, 0.1) is 0 Å². The van der Waals surface area contributed by atoms with Crippen LogP contribution in [0.1, 0.15) is 8.22 Å². The van der Waals surface area contributed by atoms with Gasteiger partial charge in [0.1, 0.15) is 11.2 Å². The quantitative estimate of drug-likeness (QED) is 0.176. The molecule has 5 nitrogen and oxygen atoms in total. The molecule has 0 spiro atoms. The number of hydrogen-bond donors (Lipinski definition) is 0. The van der Waals surface area contributed by atoms with E-state index in [1.165, 1.54) is 23.5 Å². The second-order valence-corrected chi connectivity index (χ2v) is 14.9. The van der Waals surface area contributed by atoms with E-state index in [0.29, 0.717) is 66.0 Å². The third-order valence-electron chi connectivity index (χ3n) is 10.6. The number of rotatable bonds is 5. The van der Waals surface area contributed by atoms with E-state index in [1.807, 2.05) is 126 Å². The normalized spacial score (nSPS) is 13.3. The highest BCUT2D eigenvalue weighted by molar-refractivity contribution is 7.26. The zero-order valence-corrected chi connectivity index (χ0v) is 30.8. The molecule has 12 rings (SSSR count). The molecule has 0 N–H and O–H groups in total. The molecule has 57 heavy (non-hydrogen) atoms. The van der Waals surface area contributed by atoms with Crippen LogP contribution in [0.2, 0.25) is 0 Å². The van der Waals surface area contributed by atoms with Gasteiger partial charge in [-0.1, -0.05) is 139 Å². The van der Waals surface area contributed by atoms with Crippen molar-refractivity contribution in [2.24, 2.45) is 0 Å². The van der Waals surface area contributed by atoms with Crippen molar-refractivity contribution < 1.29 is 12.6 Å². The van der Waals surface area contributed by atoms with Crippen LogP contribution in [0.5, 0.6) is 0 Å². The molecule has 266 valence electrons. The Bertz CT molecular complexity index is 3830. The lowest BCUT2D eigenvalue weighted by molar-refractivity contribution is 0.670. The van der Waals surface area contributed by atoms with Crippen molar-refractivity contribution >= 4 is 75.3 Å². The molecule has 0 aliphatic carbocycles. The Kier molecular flexibility index (Phi) is 5.82. The van der Waals surface area contributed by atoms with E-state index in [-0.39, 0.29) is 36.3 Å². The first kappa shape index (κ1) is 26.4. The Morgan fingerprint density at radius 2 is 1.18 bits per heavy atom. The minimum Gasteiger partial charge on any atom is -0.455 e. The average Bonchev–Trinajstić information content (AvgIpc) is 4.01. The van der Waals surface area contributed by atoms with Crippen molar-refractivity contribution in [2.75, 3.05) is 0 Å². The highest BCUT2D eigenvalue weighted by Gasteiger charge is 2.23. The molecule has 4 heterocycles. The predicted octanol–water partition coefficient (Wildman–Crippen LogP) is 13.9. The van der Waals surface area contributed by atoms with E-state index < -0.39 is 0 Å². The Balaban J connectivity index is 1.24. The fourth-order valence-corrected chi connectivity index (χ4v) is 9.14. The summed E-state index contributed by atoms with van der Waals surface area (Å²) in [6.07, 6.45) is 0. The summed E-state index contributed by atoms with van der Waals surface area (Å²) in [7, 11) is 0. The van der Waals surface area contributed by atoms with Gasteiger partial charge in [0.25, 0.3) is 0 Å². The van der Waals surface area contributed by atoms with Crippen molar-refractivity contribution in [3.8, 4) is 51.0 Å². The van der Waals surface area contributed by atoms with Crippen LogP contribution in [0.25, 0.3) is 115 Å².